The summed E-state index contributed by atoms with van der Waals surface area (Å²) < 4.78 is 0. The number of hydrogen-bond acceptors (Lipinski definition) is 3. The van der Waals surface area contributed by atoms with E-state index < -0.39 is 0 Å². The molecule has 0 aliphatic heterocycles. The Morgan fingerprint density at radius 2 is 1.61 bits per heavy atom. The highest BCUT2D eigenvalue weighted by atomic mass is 35.5. The van der Waals surface area contributed by atoms with Crippen LogP contribution in [0.4, 0.5) is 11.4 Å². The number of allylic oxidation sites excluding steroid dienone is 1. The van der Waals surface area contributed by atoms with Gasteiger partial charge in [0.05, 0.1) is 22.6 Å². The molecule has 2 N–H and O–H groups in total. The van der Waals surface area contributed by atoms with Crippen LogP contribution in [0.5, 0.6) is 0 Å². The number of anilines is 2. The summed E-state index contributed by atoms with van der Waals surface area (Å²) in [5.41, 5.74) is 9.68. The van der Waals surface area contributed by atoms with Gasteiger partial charge in [-0.1, -0.05) is 77.2 Å². The van der Waals surface area contributed by atoms with E-state index in [0.29, 0.717) is 54.8 Å². The Morgan fingerprint density at radius 1 is 0.968 bits per heavy atom. The van der Waals surface area contributed by atoms with Crippen LogP contribution in [-0.2, 0) is 6.54 Å². The zero-order chi connectivity index (χ0) is 22.5. The number of rotatable bonds is 6. The van der Waals surface area contributed by atoms with Crippen LogP contribution in [0.3, 0.4) is 0 Å². The highest BCUT2D eigenvalue weighted by Crippen LogP contribution is 2.33. The summed E-state index contributed by atoms with van der Waals surface area (Å²) in [6.45, 7) is 4.50. The van der Waals surface area contributed by atoms with Crippen LogP contribution in [0, 0.1) is 11.3 Å². The Kier molecular flexibility index (Phi) is 7.54. The van der Waals surface area contributed by atoms with E-state index in [1.807, 2.05) is 29.2 Å². The lowest BCUT2D eigenvalue weighted by Crippen LogP contribution is -2.23. The van der Waals surface area contributed by atoms with E-state index >= 15 is 0 Å². The van der Waals surface area contributed by atoms with Gasteiger partial charge in [0.15, 0.2) is 0 Å². The molecule has 0 fully saturated rings. The molecule has 0 aliphatic carbocycles. The molecular formula is C24H17Cl4N3. The molecule has 156 valence electrons. The highest BCUT2D eigenvalue weighted by Gasteiger charge is 2.19. The van der Waals surface area contributed by atoms with Gasteiger partial charge in [-0.15, -0.1) is 0 Å². The van der Waals surface area contributed by atoms with E-state index in [0.717, 1.165) is 5.56 Å². The largest absolute Gasteiger partial charge is 0.397 e. The number of benzene rings is 3. The summed E-state index contributed by atoms with van der Waals surface area (Å²) in [6, 6.07) is 19.9. The lowest BCUT2D eigenvalue weighted by Gasteiger charge is -2.28. The first-order valence-electron chi connectivity index (χ1n) is 9.12. The van der Waals surface area contributed by atoms with E-state index in [1.54, 1.807) is 42.5 Å². The first-order valence-corrected chi connectivity index (χ1v) is 10.6. The predicted octanol–water partition coefficient (Wildman–Crippen LogP) is 8.01. The minimum Gasteiger partial charge on any atom is -0.397 e. The summed E-state index contributed by atoms with van der Waals surface area (Å²) in [4.78, 5) is 1.84. The molecule has 3 rings (SSSR count). The van der Waals surface area contributed by atoms with Gasteiger partial charge in [-0.05, 0) is 53.6 Å². The lowest BCUT2D eigenvalue weighted by molar-refractivity contribution is 0.932. The number of hydrogen-bond donors (Lipinski definition) is 1. The molecule has 3 aromatic carbocycles. The monoisotopic (exact) mass is 487 g/mol. The van der Waals surface area contributed by atoms with Gasteiger partial charge in [0.2, 0.25) is 0 Å². The second kappa shape index (κ2) is 10.1. The molecule has 0 saturated heterocycles. The summed E-state index contributed by atoms with van der Waals surface area (Å²) in [5, 5.41) is 11.9. The van der Waals surface area contributed by atoms with E-state index in [2.05, 4.69) is 12.6 Å². The van der Waals surface area contributed by atoms with Gasteiger partial charge in [-0.25, -0.2) is 0 Å². The molecule has 3 nitrogen and oxygen atoms in total. The average molecular weight is 489 g/mol. The van der Waals surface area contributed by atoms with Gasteiger partial charge >= 0.3 is 0 Å². The SMILES string of the molecule is C=C(/C(C#N)=C/c1ccc(Cl)cc1Cl)N(Cc1ccc(Cl)cc1Cl)c1ccccc1N. The second-order valence-electron chi connectivity index (χ2n) is 6.66. The summed E-state index contributed by atoms with van der Waals surface area (Å²) in [7, 11) is 0. The average Bonchev–Trinajstić information content (AvgIpc) is 2.73. The van der Waals surface area contributed by atoms with Crippen LogP contribution in [-0.4, -0.2) is 0 Å². The Labute approximate surface area is 201 Å². The fourth-order valence-corrected chi connectivity index (χ4v) is 3.91. The minimum atomic E-state index is 0.317. The van der Waals surface area contributed by atoms with Crippen LogP contribution in [0.15, 0.2) is 78.5 Å². The summed E-state index contributed by atoms with van der Waals surface area (Å²) in [6.07, 6.45) is 1.66. The maximum Gasteiger partial charge on any atom is 0.101 e. The lowest BCUT2D eigenvalue weighted by atomic mass is 10.1. The third kappa shape index (κ3) is 5.55. The molecule has 0 aromatic heterocycles. The number of nitrogens with zero attached hydrogens (tertiary/aromatic N) is 2. The molecule has 7 heteroatoms. The number of nitrogens with two attached hydrogens (primary N) is 1. The molecule has 0 amide bonds. The number of para-hydroxylation sites is 2. The van der Waals surface area contributed by atoms with Gasteiger partial charge < -0.3 is 10.6 Å². The molecule has 3 aromatic rings. The zero-order valence-electron chi connectivity index (χ0n) is 16.2. The van der Waals surface area contributed by atoms with Crippen molar-refractivity contribution in [2.45, 2.75) is 6.54 Å². The molecule has 0 radical (unpaired) electrons. The van der Waals surface area contributed by atoms with E-state index in [-0.39, 0.29) is 0 Å². The molecule has 0 unspecified atom stereocenters. The maximum atomic E-state index is 9.88. The Balaban J connectivity index is 2.07. The van der Waals surface area contributed by atoms with Crippen molar-refractivity contribution < 1.29 is 0 Å². The fourth-order valence-electron chi connectivity index (χ4n) is 2.98. The van der Waals surface area contributed by atoms with Crippen LogP contribution >= 0.6 is 46.4 Å². The van der Waals surface area contributed by atoms with Crippen molar-refractivity contribution in [3.05, 3.63) is 110 Å². The zero-order valence-corrected chi connectivity index (χ0v) is 19.3. The minimum absolute atomic E-state index is 0.317. The van der Waals surface area contributed by atoms with Gasteiger partial charge in [-0.3, -0.25) is 0 Å². The molecule has 0 heterocycles. The molecule has 0 saturated carbocycles. The van der Waals surface area contributed by atoms with E-state index in [1.165, 1.54) is 0 Å². The molecule has 0 bridgehead atoms. The van der Waals surface area contributed by atoms with Crippen molar-refractivity contribution in [1.29, 1.82) is 5.26 Å². The normalized spacial score (nSPS) is 11.1. The van der Waals surface area contributed by atoms with Crippen molar-refractivity contribution in [2.75, 3.05) is 10.6 Å². The van der Waals surface area contributed by atoms with Crippen molar-refractivity contribution in [3.8, 4) is 6.07 Å². The summed E-state index contributed by atoms with van der Waals surface area (Å²) >= 11 is 24.7. The van der Waals surface area contributed by atoms with Crippen molar-refractivity contribution in [3.63, 3.8) is 0 Å². The smallest absolute Gasteiger partial charge is 0.101 e. The van der Waals surface area contributed by atoms with Gasteiger partial charge in [0.1, 0.15) is 6.07 Å². The Bertz CT molecular complexity index is 1210. The van der Waals surface area contributed by atoms with E-state index in [9.17, 15) is 5.26 Å². The quantitative estimate of drug-likeness (QED) is 0.217. The first-order chi connectivity index (χ1) is 14.8. The highest BCUT2D eigenvalue weighted by molar-refractivity contribution is 6.36. The van der Waals surface area contributed by atoms with Gasteiger partial charge in [-0.2, -0.15) is 5.26 Å². The third-order valence-electron chi connectivity index (χ3n) is 4.59. The number of halogens is 4. The standard InChI is InChI=1S/C24H17Cl4N3/c1-15(18(13-29)10-16-6-8-19(25)11-21(16)27)31(24-5-3-2-4-23(24)30)14-17-7-9-20(26)12-22(17)28/h2-12H,1,14,30H2/b18-10+. The van der Waals surface area contributed by atoms with E-state index in [4.69, 9.17) is 52.1 Å². The molecule has 0 spiro atoms. The fraction of sp³-hybridized carbons (Fsp3) is 0.0417. The molecule has 0 atom stereocenters. The predicted molar refractivity (Wildman–Crippen MR) is 133 cm³/mol. The topological polar surface area (TPSA) is 53.0 Å². The maximum absolute atomic E-state index is 9.88. The number of nitriles is 1. The Morgan fingerprint density at radius 3 is 2.23 bits per heavy atom. The molecule has 0 aliphatic rings. The van der Waals surface area contributed by atoms with Gasteiger partial charge in [0.25, 0.3) is 0 Å². The molecular weight excluding hydrogens is 472 g/mol. The van der Waals surface area contributed by atoms with Crippen LogP contribution in [0.1, 0.15) is 11.1 Å². The van der Waals surface area contributed by atoms with Crippen LogP contribution in [0.2, 0.25) is 20.1 Å². The molecule has 31 heavy (non-hydrogen) atoms. The third-order valence-corrected chi connectivity index (χ3v) is 5.74. The van der Waals surface area contributed by atoms with Crippen LogP contribution in [0.25, 0.3) is 6.08 Å². The first kappa shape index (κ1) is 23.1. The number of nitrogen functional groups attached to an aromatic ring is 1. The van der Waals surface area contributed by atoms with Crippen molar-refractivity contribution in [1.82, 2.24) is 0 Å². The summed E-state index contributed by atoms with van der Waals surface area (Å²) in [5.74, 6) is 0. The van der Waals surface area contributed by atoms with Crippen molar-refractivity contribution in [2.24, 2.45) is 0 Å². The van der Waals surface area contributed by atoms with Crippen LogP contribution < -0.4 is 10.6 Å². The second-order valence-corrected chi connectivity index (χ2v) is 8.35. The van der Waals surface area contributed by atoms with Gasteiger partial charge in [0, 0.05) is 26.6 Å². The van der Waals surface area contributed by atoms with Crippen molar-refractivity contribution >= 4 is 63.9 Å². The Hall–Kier alpha value is -2.61.